The topological polar surface area (TPSA) is 47.6 Å². The number of amides is 1. The summed E-state index contributed by atoms with van der Waals surface area (Å²) in [6, 6.07) is 12.1. The Kier molecular flexibility index (Phi) is 5.52. The maximum Gasteiger partial charge on any atom is 0.265 e. The molecule has 0 aliphatic heterocycles. The van der Waals surface area contributed by atoms with Crippen LogP contribution in [0.5, 0.6) is 11.5 Å². The molecule has 0 fully saturated rings. The molecular formula is C16H15Cl2NO3. The third kappa shape index (κ3) is 4.06. The van der Waals surface area contributed by atoms with Crippen molar-refractivity contribution in [2.45, 2.75) is 13.0 Å². The van der Waals surface area contributed by atoms with E-state index in [1.807, 2.05) is 0 Å². The second-order valence-electron chi connectivity index (χ2n) is 4.53. The molecule has 0 aliphatic carbocycles. The highest BCUT2D eigenvalue weighted by molar-refractivity contribution is 6.44. The quantitative estimate of drug-likeness (QED) is 0.877. The molecule has 22 heavy (non-hydrogen) atoms. The molecule has 1 unspecified atom stereocenters. The second kappa shape index (κ2) is 7.38. The molecule has 2 rings (SSSR count). The Morgan fingerprint density at radius 2 is 1.82 bits per heavy atom. The van der Waals surface area contributed by atoms with E-state index in [-0.39, 0.29) is 5.91 Å². The molecule has 1 N–H and O–H groups in total. The number of halogens is 2. The highest BCUT2D eigenvalue weighted by Gasteiger charge is 2.17. The Morgan fingerprint density at radius 1 is 1.14 bits per heavy atom. The molecule has 0 aliphatic rings. The Morgan fingerprint density at radius 3 is 2.55 bits per heavy atom. The number of rotatable bonds is 5. The number of methoxy groups -OCH3 is 1. The lowest BCUT2D eigenvalue weighted by molar-refractivity contribution is -0.122. The molecule has 2 aromatic rings. The van der Waals surface area contributed by atoms with Crippen LogP contribution in [0.2, 0.25) is 10.0 Å². The molecule has 116 valence electrons. The van der Waals surface area contributed by atoms with Crippen molar-refractivity contribution in [3.05, 3.63) is 52.5 Å². The Hall–Kier alpha value is -1.91. The van der Waals surface area contributed by atoms with E-state index in [0.29, 0.717) is 27.2 Å². The van der Waals surface area contributed by atoms with Gasteiger partial charge in [-0.25, -0.2) is 0 Å². The van der Waals surface area contributed by atoms with Gasteiger partial charge in [-0.05, 0) is 31.2 Å². The number of carbonyl (C=O) groups is 1. The largest absolute Gasteiger partial charge is 0.497 e. The van der Waals surface area contributed by atoms with Crippen LogP contribution in [0.1, 0.15) is 6.92 Å². The van der Waals surface area contributed by atoms with Gasteiger partial charge < -0.3 is 14.8 Å². The van der Waals surface area contributed by atoms with E-state index in [4.69, 9.17) is 32.7 Å². The van der Waals surface area contributed by atoms with Gasteiger partial charge in [-0.3, -0.25) is 4.79 Å². The predicted octanol–water partition coefficient (Wildman–Crippen LogP) is 4.41. The van der Waals surface area contributed by atoms with Crippen LogP contribution in [0.25, 0.3) is 0 Å². The number of hydrogen-bond acceptors (Lipinski definition) is 3. The monoisotopic (exact) mass is 339 g/mol. The first-order chi connectivity index (χ1) is 10.5. The zero-order valence-electron chi connectivity index (χ0n) is 12.1. The molecule has 0 saturated carbocycles. The lowest BCUT2D eigenvalue weighted by atomic mass is 10.3. The van der Waals surface area contributed by atoms with Gasteiger partial charge in [0.2, 0.25) is 0 Å². The van der Waals surface area contributed by atoms with Gasteiger partial charge in [0.1, 0.15) is 11.5 Å². The molecule has 1 atom stereocenters. The van der Waals surface area contributed by atoms with Gasteiger partial charge in [0.25, 0.3) is 5.91 Å². The molecule has 0 saturated heterocycles. The Balaban J connectivity index is 2.04. The first-order valence-corrected chi connectivity index (χ1v) is 7.32. The van der Waals surface area contributed by atoms with Crippen LogP contribution < -0.4 is 14.8 Å². The normalized spacial score (nSPS) is 11.6. The molecule has 0 spiro atoms. The van der Waals surface area contributed by atoms with E-state index in [9.17, 15) is 4.79 Å². The average Bonchev–Trinajstić information content (AvgIpc) is 2.52. The lowest BCUT2D eigenvalue weighted by Crippen LogP contribution is -2.30. The molecule has 2 aromatic carbocycles. The fourth-order valence-corrected chi connectivity index (χ4v) is 2.11. The van der Waals surface area contributed by atoms with Crippen LogP contribution in [0.3, 0.4) is 0 Å². The third-order valence-corrected chi connectivity index (χ3v) is 3.75. The molecule has 1 amide bonds. The molecular weight excluding hydrogens is 325 g/mol. The number of benzene rings is 2. The van der Waals surface area contributed by atoms with Gasteiger partial charge >= 0.3 is 0 Å². The smallest absolute Gasteiger partial charge is 0.265 e. The van der Waals surface area contributed by atoms with Gasteiger partial charge in [0, 0.05) is 6.07 Å². The fraction of sp³-hybridized carbons (Fsp3) is 0.188. The maximum absolute atomic E-state index is 12.2. The molecule has 4 nitrogen and oxygen atoms in total. The molecule has 0 aromatic heterocycles. The zero-order valence-corrected chi connectivity index (χ0v) is 13.6. The van der Waals surface area contributed by atoms with E-state index in [2.05, 4.69) is 5.32 Å². The zero-order chi connectivity index (χ0) is 16.1. The minimum atomic E-state index is -0.706. The molecule has 6 heteroatoms. The summed E-state index contributed by atoms with van der Waals surface area (Å²) in [5.74, 6) is 0.870. The van der Waals surface area contributed by atoms with E-state index in [1.54, 1.807) is 56.5 Å². The molecule has 0 heterocycles. The van der Waals surface area contributed by atoms with Crippen molar-refractivity contribution >= 4 is 34.8 Å². The third-order valence-electron chi connectivity index (χ3n) is 2.93. The van der Waals surface area contributed by atoms with E-state index in [0.717, 1.165) is 0 Å². The molecule has 0 bridgehead atoms. The highest BCUT2D eigenvalue weighted by Crippen LogP contribution is 2.29. The van der Waals surface area contributed by atoms with Gasteiger partial charge in [-0.2, -0.15) is 0 Å². The SMILES string of the molecule is COc1cccc(OC(C)C(=O)Nc2cccc(Cl)c2Cl)c1. The van der Waals surface area contributed by atoms with Gasteiger partial charge in [0.15, 0.2) is 6.10 Å². The summed E-state index contributed by atoms with van der Waals surface area (Å²) in [7, 11) is 1.57. The summed E-state index contributed by atoms with van der Waals surface area (Å²) < 4.78 is 10.7. The minimum absolute atomic E-state index is 0.297. The first-order valence-electron chi connectivity index (χ1n) is 6.57. The summed E-state index contributed by atoms with van der Waals surface area (Å²) in [6.45, 7) is 1.65. The average molecular weight is 340 g/mol. The first kappa shape index (κ1) is 16.5. The van der Waals surface area contributed by atoms with Crippen molar-refractivity contribution < 1.29 is 14.3 Å². The van der Waals surface area contributed by atoms with Gasteiger partial charge in [-0.15, -0.1) is 0 Å². The van der Waals surface area contributed by atoms with Gasteiger partial charge in [0.05, 0.1) is 22.8 Å². The van der Waals surface area contributed by atoms with Gasteiger partial charge in [-0.1, -0.05) is 35.3 Å². The summed E-state index contributed by atoms with van der Waals surface area (Å²) in [5.41, 5.74) is 0.445. The van der Waals surface area contributed by atoms with Crippen LogP contribution in [0, 0.1) is 0 Å². The van der Waals surface area contributed by atoms with Crippen molar-refractivity contribution in [1.29, 1.82) is 0 Å². The van der Waals surface area contributed by atoms with E-state index in [1.165, 1.54) is 0 Å². The predicted molar refractivity (Wildman–Crippen MR) is 88.2 cm³/mol. The number of ether oxygens (including phenoxy) is 2. The van der Waals surface area contributed by atoms with Crippen LogP contribution in [-0.2, 0) is 4.79 Å². The number of carbonyl (C=O) groups excluding carboxylic acids is 1. The van der Waals surface area contributed by atoms with Crippen LogP contribution in [0.15, 0.2) is 42.5 Å². The van der Waals surface area contributed by atoms with Crippen molar-refractivity contribution in [3.63, 3.8) is 0 Å². The van der Waals surface area contributed by atoms with E-state index < -0.39 is 6.10 Å². The minimum Gasteiger partial charge on any atom is -0.497 e. The van der Waals surface area contributed by atoms with Crippen molar-refractivity contribution in [1.82, 2.24) is 0 Å². The standard InChI is InChI=1S/C16H15Cl2NO3/c1-10(22-12-6-3-5-11(9-12)21-2)16(20)19-14-8-4-7-13(17)15(14)18/h3-10H,1-2H3,(H,19,20). The Bertz CT molecular complexity index is 676. The summed E-state index contributed by atoms with van der Waals surface area (Å²) in [5, 5.41) is 3.36. The summed E-state index contributed by atoms with van der Waals surface area (Å²) in [6.07, 6.45) is -0.706. The van der Waals surface area contributed by atoms with Crippen LogP contribution in [0.4, 0.5) is 5.69 Å². The Labute approximate surface area is 138 Å². The summed E-state index contributed by atoms with van der Waals surface area (Å²) in [4.78, 5) is 12.2. The fourth-order valence-electron chi connectivity index (χ4n) is 1.77. The van der Waals surface area contributed by atoms with Crippen LogP contribution in [-0.4, -0.2) is 19.1 Å². The van der Waals surface area contributed by atoms with Crippen molar-refractivity contribution in [3.8, 4) is 11.5 Å². The number of hydrogen-bond donors (Lipinski definition) is 1. The van der Waals surface area contributed by atoms with Crippen molar-refractivity contribution in [2.75, 3.05) is 12.4 Å². The highest BCUT2D eigenvalue weighted by atomic mass is 35.5. The summed E-state index contributed by atoms with van der Waals surface area (Å²) >= 11 is 11.9. The lowest BCUT2D eigenvalue weighted by Gasteiger charge is -2.16. The number of nitrogens with one attached hydrogen (secondary N) is 1. The van der Waals surface area contributed by atoms with Crippen molar-refractivity contribution in [2.24, 2.45) is 0 Å². The van der Waals surface area contributed by atoms with E-state index >= 15 is 0 Å². The number of anilines is 1. The second-order valence-corrected chi connectivity index (χ2v) is 5.31. The molecule has 0 radical (unpaired) electrons. The maximum atomic E-state index is 12.2. The van der Waals surface area contributed by atoms with Crippen LogP contribution >= 0.6 is 23.2 Å².